The molecule has 0 unspecified atom stereocenters. The van der Waals surface area contributed by atoms with Gasteiger partial charge in [-0.25, -0.2) is 4.79 Å². The van der Waals surface area contributed by atoms with E-state index in [1.54, 1.807) is 11.9 Å². The molecule has 1 rings (SSSR count). The Kier molecular flexibility index (Phi) is 5.25. The van der Waals surface area contributed by atoms with Crippen LogP contribution in [0.3, 0.4) is 0 Å². The number of aliphatic carboxylic acids is 1. The van der Waals surface area contributed by atoms with E-state index in [0.29, 0.717) is 19.0 Å². The zero-order valence-corrected chi connectivity index (χ0v) is 10.7. The summed E-state index contributed by atoms with van der Waals surface area (Å²) in [5, 5.41) is 8.54. The minimum absolute atomic E-state index is 0.0414. The number of carbonyl (C=O) groups excluding carboxylic acids is 1. The van der Waals surface area contributed by atoms with Crippen molar-refractivity contribution >= 4 is 12.0 Å². The molecule has 0 bridgehead atoms. The van der Waals surface area contributed by atoms with Gasteiger partial charge in [-0.3, -0.25) is 4.79 Å². The topological polar surface area (TPSA) is 60.9 Å². The molecule has 1 N–H and O–H groups in total. The summed E-state index contributed by atoms with van der Waals surface area (Å²) in [5.41, 5.74) is 0. The standard InChI is InChI=1S/C12H22N2O3/c1-3-8-14(10-6-7-10)12(17)13(2)9-4-5-11(15)16/h10H,3-9H2,1-2H3,(H,15,16). The van der Waals surface area contributed by atoms with E-state index in [9.17, 15) is 9.59 Å². The average Bonchev–Trinajstić information content (AvgIpc) is 3.08. The van der Waals surface area contributed by atoms with Crippen LogP contribution in [0.25, 0.3) is 0 Å². The van der Waals surface area contributed by atoms with Crippen molar-refractivity contribution in [3.05, 3.63) is 0 Å². The van der Waals surface area contributed by atoms with E-state index >= 15 is 0 Å². The Balaban J connectivity index is 2.35. The molecule has 0 spiro atoms. The Morgan fingerprint density at radius 2 is 1.94 bits per heavy atom. The van der Waals surface area contributed by atoms with Gasteiger partial charge < -0.3 is 14.9 Å². The summed E-state index contributed by atoms with van der Waals surface area (Å²) in [6.45, 7) is 3.37. The van der Waals surface area contributed by atoms with Crippen molar-refractivity contribution in [2.24, 2.45) is 0 Å². The maximum atomic E-state index is 12.1. The smallest absolute Gasteiger partial charge is 0.319 e. The molecule has 0 aromatic carbocycles. The van der Waals surface area contributed by atoms with Crippen molar-refractivity contribution in [1.82, 2.24) is 9.80 Å². The summed E-state index contributed by atoms with van der Waals surface area (Å²) in [6.07, 6.45) is 3.81. The lowest BCUT2D eigenvalue weighted by Crippen LogP contribution is -2.43. The molecule has 17 heavy (non-hydrogen) atoms. The van der Waals surface area contributed by atoms with E-state index < -0.39 is 5.97 Å². The molecule has 1 aliphatic carbocycles. The molecule has 1 fully saturated rings. The van der Waals surface area contributed by atoms with Crippen LogP contribution in [0.5, 0.6) is 0 Å². The van der Waals surface area contributed by atoms with E-state index in [1.165, 1.54) is 0 Å². The molecule has 0 aromatic heterocycles. The fraction of sp³-hybridized carbons (Fsp3) is 0.833. The summed E-state index contributed by atoms with van der Waals surface area (Å²) in [6, 6.07) is 0.462. The van der Waals surface area contributed by atoms with Gasteiger partial charge in [-0.2, -0.15) is 0 Å². The second kappa shape index (κ2) is 6.47. The maximum Gasteiger partial charge on any atom is 0.319 e. The van der Waals surface area contributed by atoms with Crippen LogP contribution >= 0.6 is 0 Å². The van der Waals surface area contributed by atoms with Crippen LogP contribution in [0, 0.1) is 0 Å². The van der Waals surface area contributed by atoms with Crippen molar-refractivity contribution in [2.45, 2.75) is 45.1 Å². The van der Waals surface area contributed by atoms with Crippen molar-refractivity contribution in [2.75, 3.05) is 20.1 Å². The van der Waals surface area contributed by atoms with Gasteiger partial charge in [-0.1, -0.05) is 6.92 Å². The normalized spacial score (nSPS) is 14.5. The van der Waals surface area contributed by atoms with Crippen LogP contribution < -0.4 is 0 Å². The number of carbonyl (C=O) groups is 2. The summed E-state index contributed by atoms with van der Waals surface area (Å²) in [5.74, 6) is -0.807. The molecule has 1 saturated carbocycles. The Labute approximate surface area is 102 Å². The van der Waals surface area contributed by atoms with Gasteiger partial charge in [0.2, 0.25) is 0 Å². The lowest BCUT2D eigenvalue weighted by atomic mass is 10.3. The Bertz CT molecular complexity index is 277. The SMILES string of the molecule is CCCN(C(=O)N(C)CCCC(=O)O)C1CC1. The third-order valence-corrected chi connectivity index (χ3v) is 2.91. The number of carboxylic acids is 1. The molecule has 0 saturated heterocycles. The molecule has 0 heterocycles. The number of rotatable bonds is 7. The van der Waals surface area contributed by atoms with Crippen LogP contribution in [0.2, 0.25) is 0 Å². The number of nitrogens with zero attached hydrogens (tertiary/aromatic N) is 2. The monoisotopic (exact) mass is 242 g/mol. The molecular weight excluding hydrogens is 220 g/mol. The Hall–Kier alpha value is -1.26. The van der Waals surface area contributed by atoms with Gasteiger partial charge in [0.15, 0.2) is 0 Å². The summed E-state index contributed by atoms with van der Waals surface area (Å²) < 4.78 is 0. The van der Waals surface area contributed by atoms with Gasteiger partial charge in [0, 0.05) is 32.6 Å². The third kappa shape index (κ3) is 4.63. The molecule has 1 aliphatic rings. The number of carboxylic acid groups (broad SMARTS) is 1. The van der Waals surface area contributed by atoms with Crippen LogP contribution in [0.15, 0.2) is 0 Å². The first kappa shape index (κ1) is 13.8. The summed E-state index contributed by atoms with van der Waals surface area (Å²) in [7, 11) is 1.75. The van der Waals surface area contributed by atoms with Gasteiger partial charge in [0.05, 0.1) is 0 Å². The van der Waals surface area contributed by atoms with E-state index in [4.69, 9.17) is 5.11 Å². The second-order valence-electron chi connectivity index (χ2n) is 4.63. The lowest BCUT2D eigenvalue weighted by molar-refractivity contribution is -0.137. The zero-order chi connectivity index (χ0) is 12.8. The van der Waals surface area contributed by atoms with Gasteiger partial charge in [0.25, 0.3) is 0 Å². The highest BCUT2D eigenvalue weighted by atomic mass is 16.4. The van der Waals surface area contributed by atoms with E-state index in [-0.39, 0.29) is 12.5 Å². The Morgan fingerprint density at radius 3 is 2.41 bits per heavy atom. The van der Waals surface area contributed by atoms with E-state index in [2.05, 4.69) is 6.92 Å². The molecule has 0 radical (unpaired) electrons. The molecular formula is C12H22N2O3. The highest BCUT2D eigenvalue weighted by molar-refractivity contribution is 5.75. The summed E-state index contributed by atoms with van der Waals surface area (Å²) in [4.78, 5) is 26.0. The third-order valence-electron chi connectivity index (χ3n) is 2.91. The van der Waals surface area contributed by atoms with Gasteiger partial charge >= 0.3 is 12.0 Å². The van der Waals surface area contributed by atoms with Crippen LogP contribution in [0.1, 0.15) is 39.0 Å². The lowest BCUT2D eigenvalue weighted by Gasteiger charge is -2.28. The first-order chi connectivity index (χ1) is 8.06. The molecule has 5 nitrogen and oxygen atoms in total. The fourth-order valence-corrected chi connectivity index (χ4v) is 1.84. The van der Waals surface area contributed by atoms with Gasteiger partial charge in [-0.15, -0.1) is 0 Å². The number of urea groups is 1. The van der Waals surface area contributed by atoms with Gasteiger partial charge in [0.1, 0.15) is 0 Å². The van der Waals surface area contributed by atoms with E-state index in [1.807, 2.05) is 4.90 Å². The molecule has 2 amide bonds. The highest BCUT2D eigenvalue weighted by Gasteiger charge is 2.33. The number of hydrogen-bond acceptors (Lipinski definition) is 2. The van der Waals surface area contributed by atoms with Crippen molar-refractivity contribution in [1.29, 1.82) is 0 Å². The van der Waals surface area contributed by atoms with Gasteiger partial charge in [-0.05, 0) is 25.7 Å². The highest BCUT2D eigenvalue weighted by Crippen LogP contribution is 2.27. The minimum atomic E-state index is -0.807. The van der Waals surface area contributed by atoms with Crippen LogP contribution in [-0.2, 0) is 4.79 Å². The fourth-order valence-electron chi connectivity index (χ4n) is 1.84. The average molecular weight is 242 g/mol. The van der Waals surface area contributed by atoms with Crippen molar-refractivity contribution in [3.63, 3.8) is 0 Å². The maximum absolute atomic E-state index is 12.1. The largest absolute Gasteiger partial charge is 0.481 e. The van der Waals surface area contributed by atoms with Crippen LogP contribution in [-0.4, -0.2) is 53.1 Å². The zero-order valence-electron chi connectivity index (χ0n) is 10.7. The van der Waals surface area contributed by atoms with E-state index in [0.717, 1.165) is 25.8 Å². The van der Waals surface area contributed by atoms with Crippen LogP contribution in [0.4, 0.5) is 4.79 Å². The van der Waals surface area contributed by atoms with Crippen molar-refractivity contribution in [3.8, 4) is 0 Å². The first-order valence-electron chi connectivity index (χ1n) is 6.29. The first-order valence-corrected chi connectivity index (χ1v) is 6.29. The minimum Gasteiger partial charge on any atom is -0.481 e. The quantitative estimate of drug-likeness (QED) is 0.740. The van der Waals surface area contributed by atoms with Crippen molar-refractivity contribution < 1.29 is 14.7 Å². The summed E-state index contributed by atoms with van der Waals surface area (Å²) >= 11 is 0. The molecule has 0 aliphatic heterocycles. The predicted octanol–water partition coefficient (Wildman–Crippen LogP) is 1.78. The Morgan fingerprint density at radius 1 is 1.29 bits per heavy atom. The number of amides is 2. The molecule has 98 valence electrons. The predicted molar refractivity (Wildman–Crippen MR) is 64.9 cm³/mol. The second-order valence-corrected chi connectivity index (χ2v) is 4.63. The molecule has 0 atom stereocenters. The molecule has 0 aromatic rings. The number of hydrogen-bond donors (Lipinski definition) is 1. The molecule has 5 heteroatoms.